The summed E-state index contributed by atoms with van der Waals surface area (Å²) in [6.45, 7) is 4.15. The molecule has 154 valence electrons. The lowest BCUT2D eigenvalue weighted by Crippen LogP contribution is -2.12. The molecule has 0 fully saturated rings. The first-order chi connectivity index (χ1) is 14.5. The molecule has 1 amide bonds. The maximum Gasteiger partial charge on any atom is 0.269 e. The summed E-state index contributed by atoms with van der Waals surface area (Å²) in [5.41, 5.74) is 2.41. The number of anilines is 1. The van der Waals surface area contributed by atoms with Crippen molar-refractivity contribution >= 4 is 45.0 Å². The highest BCUT2D eigenvalue weighted by Crippen LogP contribution is 2.45. The van der Waals surface area contributed by atoms with Gasteiger partial charge >= 0.3 is 0 Å². The van der Waals surface area contributed by atoms with E-state index >= 15 is 0 Å². The lowest BCUT2D eigenvalue weighted by atomic mass is 10.1. The van der Waals surface area contributed by atoms with Gasteiger partial charge in [0.25, 0.3) is 5.91 Å². The number of nitrogens with one attached hydrogen (secondary N) is 2. The minimum absolute atomic E-state index is 0.190. The Morgan fingerprint density at radius 1 is 1.10 bits per heavy atom. The van der Waals surface area contributed by atoms with Crippen LogP contribution >= 0.6 is 23.1 Å². The first kappa shape index (κ1) is 20.2. The van der Waals surface area contributed by atoms with E-state index in [4.69, 9.17) is 9.47 Å². The molecule has 0 atom stereocenters. The number of ether oxygens (including phenoxy) is 2. The molecule has 0 unspecified atom stereocenters. The standard InChI is InChI=1S/C20H19N5O3S2/c1-10-5-6-12(7-11(10)2)29-17-13-8-14(27-3)15(28-4)9-16(13)30-18(17)19(26)21-20-22-24-25-23-20/h5-9H,1-4H3,(H2,21,22,23,24,25,26). The van der Waals surface area contributed by atoms with Crippen molar-refractivity contribution in [2.45, 2.75) is 23.6 Å². The zero-order valence-corrected chi connectivity index (χ0v) is 18.4. The number of rotatable bonds is 6. The number of nitrogens with zero attached hydrogens (tertiary/aromatic N) is 3. The number of aromatic amines is 1. The number of hydrogen-bond acceptors (Lipinski definition) is 8. The van der Waals surface area contributed by atoms with Gasteiger partial charge in [0.2, 0.25) is 5.95 Å². The molecule has 4 aromatic rings. The first-order valence-corrected chi connectivity index (χ1v) is 10.6. The summed E-state index contributed by atoms with van der Waals surface area (Å²) in [7, 11) is 3.18. The molecule has 8 nitrogen and oxygen atoms in total. The van der Waals surface area contributed by atoms with E-state index < -0.39 is 0 Å². The summed E-state index contributed by atoms with van der Waals surface area (Å²) >= 11 is 2.92. The predicted molar refractivity (Wildman–Crippen MR) is 117 cm³/mol. The van der Waals surface area contributed by atoms with E-state index in [1.807, 2.05) is 12.1 Å². The number of hydrogen-bond donors (Lipinski definition) is 2. The highest BCUT2D eigenvalue weighted by atomic mass is 32.2. The van der Waals surface area contributed by atoms with E-state index in [2.05, 4.69) is 58.0 Å². The van der Waals surface area contributed by atoms with Gasteiger partial charge in [-0.25, -0.2) is 5.10 Å². The molecule has 0 saturated heterocycles. The summed E-state index contributed by atoms with van der Waals surface area (Å²) < 4.78 is 11.8. The Balaban J connectivity index is 1.84. The average Bonchev–Trinajstić information content (AvgIpc) is 3.37. The number of benzene rings is 2. The summed E-state index contributed by atoms with van der Waals surface area (Å²) in [4.78, 5) is 15.5. The number of carbonyl (C=O) groups excluding carboxylic acids is 1. The van der Waals surface area contributed by atoms with E-state index in [1.54, 1.807) is 14.2 Å². The Bertz CT molecular complexity index is 1220. The molecule has 0 bridgehead atoms. The van der Waals surface area contributed by atoms with Crippen molar-refractivity contribution in [3.8, 4) is 11.5 Å². The fraction of sp³-hybridized carbons (Fsp3) is 0.200. The van der Waals surface area contributed by atoms with Gasteiger partial charge in [0, 0.05) is 25.9 Å². The smallest absolute Gasteiger partial charge is 0.269 e. The van der Waals surface area contributed by atoms with Gasteiger partial charge in [0.15, 0.2) is 11.5 Å². The van der Waals surface area contributed by atoms with E-state index in [0.29, 0.717) is 16.4 Å². The predicted octanol–water partition coefficient (Wildman–Crippen LogP) is 4.45. The molecule has 0 radical (unpaired) electrons. The molecule has 0 saturated carbocycles. The molecule has 2 aromatic carbocycles. The second-order valence-electron chi connectivity index (χ2n) is 6.52. The van der Waals surface area contributed by atoms with Gasteiger partial charge in [-0.05, 0) is 53.6 Å². The molecule has 0 aliphatic heterocycles. The number of H-pyrrole nitrogens is 1. The number of methoxy groups -OCH3 is 2. The third-order valence-corrected chi connectivity index (χ3v) is 7.03. The summed E-state index contributed by atoms with van der Waals surface area (Å²) in [6.07, 6.45) is 0. The van der Waals surface area contributed by atoms with Crippen molar-refractivity contribution in [2.24, 2.45) is 0 Å². The fourth-order valence-corrected chi connectivity index (χ4v) is 5.31. The summed E-state index contributed by atoms with van der Waals surface area (Å²) in [5.74, 6) is 1.12. The zero-order valence-electron chi connectivity index (χ0n) is 16.8. The van der Waals surface area contributed by atoms with Crippen LogP contribution in [0.15, 0.2) is 40.1 Å². The first-order valence-electron chi connectivity index (χ1n) is 8.99. The number of thiophene rings is 1. The number of fused-ring (bicyclic) bond motifs is 1. The van der Waals surface area contributed by atoms with Crippen LogP contribution in [0.5, 0.6) is 11.5 Å². The molecule has 2 N–H and O–H groups in total. The van der Waals surface area contributed by atoms with Crippen molar-refractivity contribution in [2.75, 3.05) is 19.5 Å². The zero-order chi connectivity index (χ0) is 21.3. The number of tetrazole rings is 1. The van der Waals surface area contributed by atoms with Gasteiger partial charge in [-0.2, -0.15) is 0 Å². The second kappa shape index (κ2) is 8.33. The Labute approximate surface area is 181 Å². The van der Waals surface area contributed by atoms with Crippen molar-refractivity contribution in [1.82, 2.24) is 20.6 Å². The summed E-state index contributed by atoms with van der Waals surface area (Å²) in [5, 5.41) is 16.9. The minimum atomic E-state index is -0.293. The van der Waals surface area contributed by atoms with E-state index in [9.17, 15) is 4.79 Å². The van der Waals surface area contributed by atoms with Crippen LogP contribution in [0.2, 0.25) is 0 Å². The third kappa shape index (κ3) is 3.83. The molecule has 30 heavy (non-hydrogen) atoms. The van der Waals surface area contributed by atoms with Gasteiger partial charge < -0.3 is 9.47 Å². The van der Waals surface area contributed by atoms with Crippen LogP contribution < -0.4 is 14.8 Å². The Hall–Kier alpha value is -3.11. The van der Waals surface area contributed by atoms with Crippen LogP contribution in [0.4, 0.5) is 5.95 Å². The number of carbonyl (C=O) groups is 1. The molecule has 0 aliphatic rings. The quantitative estimate of drug-likeness (QED) is 0.456. The third-order valence-electron chi connectivity index (χ3n) is 4.63. The maximum atomic E-state index is 13.0. The van der Waals surface area contributed by atoms with Crippen molar-refractivity contribution < 1.29 is 14.3 Å². The molecule has 4 rings (SSSR count). The maximum absolute atomic E-state index is 13.0. The lowest BCUT2D eigenvalue weighted by Gasteiger charge is -2.09. The van der Waals surface area contributed by atoms with Crippen LogP contribution in [0.25, 0.3) is 10.1 Å². The topological polar surface area (TPSA) is 102 Å². The van der Waals surface area contributed by atoms with E-state index in [0.717, 1.165) is 19.9 Å². The van der Waals surface area contributed by atoms with Crippen LogP contribution in [-0.4, -0.2) is 40.8 Å². The van der Waals surface area contributed by atoms with Gasteiger partial charge in [0.1, 0.15) is 4.88 Å². The van der Waals surface area contributed by atoms with Crippen molar-refractivity contribution in [1.29, 1.82) is 0 Å². The van der Waals surface area contributed by atoms with Crippen molar-refractivity contribution in [3.05, 3.63) is 46.3 Å². The minimum Gasteiger partial charge on any atom is -0.493 e. The van der Waals surface area contributed by atoms with E-state index in [1.165, 1.54) is 34.2 Å². The Kier molecular flexibility index (Phi) is 5.60. The average molecular weight is 442 g/mol. The molecular weight excluding hydrogens is 422 g/mol. The molecule has 0 spiro atoms. The van der Waals surface area contributed by atoms with Crippen LogP contribution in [0.3, 0.4) is 0 Å². The van der Waals surface area contributed by atoms with Crippen LogP contribution in [0.1, 0.15) is 20.8 Å². The van der Waals surface area contributed by atoms with Gasteiger partial charge in [-0.3, -0.25) is 10.1 Å². The van der Waals surface area contributed by atoms with Gasteiger partial charge in [-0.15, -0.1) is 11.3 Å². The Morgan fingerprint density at radius 2 is 1.87 bits per heavy atom. The lowest BCUT2D eigenvalue weighted by molar-refractivity contribution is 0.102. The van der Waals surface area contributed by atoms with Crippen LogP contribution in [-0.2, 0) is 0 Å². The van der Waals surface area contributed by atoms with Gasteiger partial charge in [-0.1, -0.05) is 22.9 Å². The molecule has 0 aliphatic carbocycles. The molecule has 10 heteroatoms. The fourth-order valence-electron chi connectivity index (χ4n) is 2.92. The SMILES string of the molecule is COc1cc2sc(C(=O)Nc3nnn[nH]3)c(Sc3ccc(C)c(C)c3)c2cc1OC. The molecular formula is C20H19N5O3S2. The van der Waals surface area contributed by atoms with Crippen molar-refractivity contribution in [3.63, 3.8) is 0 Å². The second-order valence-corrected chi connectivity index (χ2v) is 8.65. The number of aryl methyl sites for hydroxylation is 2. The number of amides is 1. The monoisotopic (exact) mass is 441 g/mol. The largest absolute Gasteiger partial charge is 0.493 e. The highest BCUT2D eigenvalue weighted by molar-refractivity contribution is 7.99. The molecule has 2 heterocycles. The van der Waals surface area contributed by atoms with Crippen LogP contribution in [0, 0.1) is 13.8 Å². The summed E-state index contributed by atoms with van der Waals surface area (Å²) in [6, 6.07) is 10.0. The Morgan fingerprint density at radius 3 is 2.53 bits per heavy atom. The normalized spacial score (nSPS) is 10.9. The highest BCUT2D eigenvalue weighted by Gasteiger charge is 2.22. The molecule has 2 aromatic heterocycles. The van der Waals surface area contributed by atoms with Gasteiger partial charge in [0.05, 0.1) is 14.2 Å². The number of aromatic nitrogens is 4. The van der Waals surface area contributed by atoms with E-state index in [-0.39, 0.29) is 11.9 Å².